The normalized spacial score (nSPS) is 31.4. The van der Waals surface area contributed by atoms with Crippen molar-refractivity contribution < 1.29 is 9.50 Å². The molecule has 104 valence electrons. The summed E-state index contributed by atoms with van der Waals surface area (Å²) < 4.78 is 13.9. The first-order valence-electron chi connectivity index (χ1n) is 6.97. The summed E-state index contributed by atoms with van der Waals surface area (Å²) in [5.41, 5.74) is -0.252. The number of benzene rings is 1. The van der Waals surface area contributed by atoms with Gasteiger partial charge in [0, 0.05) is 19.0 Å². The van der Waals surface area contributed by atoms with E-state index >= 15 is 0 Å². The molecule has 2 heterocycles. The van der Waals surface area contributed by atoms with E-state index in [0.717, 1.165) is 32.4 Å². The summed E-state index contributed by atoms with van der Waals surface area (Å²) in [7, 11) is 0. The van der Waals surface area contributed by atoms with Gasteiger partial charge in [-0.25, -0.2) is 4.39 Å². The van der Waals surface area contributed by atoms with E-state index in [9.17, 15) is 9.50 Å². The molecule has 3 rings (SSSR count). The zero-order chi connectivity index (χ0) is 13.5. The summed E-state index contributed by atoms with van der Waals surface area (Å²) in [6, 6.07) is 5.49. The molecule has 19 heavy (non-hydrogen) atoms. The van der Waals surface area contributed by atoms with Gasteiger partial charge in [0.15, 0.2) is 0 Å². The molecule has 2 aliphatic heterocycles. The van der Waals surface area contributed by atoms with Gasteiger partial charge in [-0.05, 0) is 43.9 Å². The molecule has 1 N–H and O–H groups in total. The second-order valence-electron chi connectivity index (χ2n) is 5.90. The van der Waals surface area contributed by atoms with E-state index in [1.165, 1.54) is 6.42 Å². The van der Waals surface area contributed by atoms with Crippen LogP contribution in [0, 0.1) is 5.82 Å². The van der Waals surface area contributed by atoms with E-state index < -0.39 is 5.60 Å². The number of fused-ring (bicyclic) bond motifs is 1. The Labute approximate surface area is 118 Å². The Bertz CT molecular complexity index is 481. The van der Waals surface area contributed by atoms with Crippen molar-refractivity contribution in [2.24, 2.45) is 0 Å². The van der Waals surface area contributed by atoms with Gasteiger partial charge in [-0.2, -0.15) is 0 Å². The Hall–Kier alpha value is -0.640. The zero-order valence-electron chi connectivity index (χ0n) is 10.9. The molecule has 1 aromatic carbocycles. The summed E-state index contributed by atoms with van der Waals surface area (Å²) >= 11 is 5.80. The number of nitrogens with zero attached hydrogens (tertiary/aromatic N) is 1. The first-order chi connectivity index (χ1) is 9.07. The maximum absolute atomic E-state index is 13.9. The molecule has 0 saturated carbocycles. The average Bonchev–Trinajstić information content (AvgIpc) is 2.82. The van der Waals surface area contributed by atoms with Crippen LogP contribution in [-0.2, 0) is 6.42 Å². The monoisotopic (exact) mass is 283 g/mol. The number of hydrogen-bond donors (Lipinski definition) is 1. The minimum absolute atomic E-state index is 0.138. The second-order valence-corrected chi connectivity index (χ2v) is 6.31. The summed E-state index contributed by atoms with van der Waals surface area (Å²) in [5.74, 6) is -0.383. The quantitative estimate of drug-likeness (QED) is 0.902. The molecule has 2 aliphatic rings. The molecule has 2 nitrogen and oxygen atoms in total. The molecule has 1 aromatic rings. The van der Waals surface area contributed by atoms with Crippen LogP contribution >= 0.6 is 11.6 Å². The van der Waals surface area contributed by atoms with Crippen molar-refractivity contribution in [3.8, 4) is 0 Å². The molecule has 2 saturated heterocycles. The predicted molar refractivity (Wildman–Crippen MR) is 73.9 cm³/mol. The van der Waals surface area contributed by atoms with Crippen LogP contribution in [0.25, 0.3) is 0 Å². The molecule has 0 aromatic heterocycles. The molecule has 0 bridgehead atoms. The number of rotatable bonds is 2. The number of halogens is 2. The third kappa shape index (κ3) is 2.64. The van der Waals surface area contributed by atoms with E-state index in [1.807, 2.05) is 0 Å². The Morgan fingerprint density at radius 3 is 3.11 bits per heavy atom. The van der Waals surface area contributed by atoms with Crippen molar-refractivity contribution in [2.75, 3.05) is 13.1 Å². The van der Waals surface area contributed by atoms with Crippen molar-refractivity contribution in [1.29, 1.82) is 0 Å². The maximum atomic E-state index is 13.9. The number of hydrogen-bond acceptors (Lipinski definition) is 2. The van der Waals surface area contributed by atoms with E-state index in [-0.39, 0.29) is 10.8 Å². The highest BCUT2D eigenvalue weighted by molar-refractivity contribution is 6.30. The van der Waals surface area contributed by atoms with Gasteiger partial charge in [0.1, 0.15) is 5.82 Å². The lowest BCUT2D eigenvalue weighted by atomic mass is 9.82. The van der Waals surface area contributed by atoms with Crippen LogP contribution in [0.1, 0.15) is 31.2 Å². The molecule has 2 unspecified atom stereocenters. The van der Waals surface area contributed by atoms with Gasteiger partial charge in [0.25, 0.3) is 0 Å². The SMILES string of the molecule is OC1(Cc2cccc(Cl)c2F)CCN2CCCC2C1. The lowest BCUT2D eigenvalue weighted by Crippen LogP contribution is -2.48. The highest BCUT2D eigenvalue weighted by Gasteiger charge is 2.40. The van der Waals surface area contributed by atoms with Crippen molar-refractivity contribution in [2.45, 2.75) is 43.7 Å². The average molecular weight is 284 g/mol. The van der Waals surface area contributed by atoms with Gasteiger partial charge in [0.05, 0.1) is 10.6 Å². The van der Waals surface area contributed by atoms with Gasteiger partial charge in [-0.3, -0.25) is 0 Å². The Morgan fingerprint density at radius 2 is 2.26 bits per heavy atom. The summed E-state index contributed by atoms with van der Waals surface area (Å²) in [5, 5.41) is 10.9. The fourth-order valence-corrected chi connectivity index (χ4v) is 3.71. The predicted octanol–water partition coefficient (Wildman–Crippen LogP) is 3.01. The molecule has 0 spiro atoms. The van der Waals surface area contributed by atoms with Crippen LogP contribution in [0.2, 0.25) is 5.02 Å². The molecule has 4 heteroatoms. The standard InChI is InChI=1S/C15H19ClFNO/c16-13-5-1-3-11(14(13)17)9-15(19)6-8-18-7-2-4-12(18)10-15/h1,3,5,12,19H,2,4,6-10H2. The van der Waals surface area contributed by atoms with Gasteiger partial charge in [0.2, 0.25) is 0 Å². The maximum Gasteiger partial charge on any atom is 0.145 e. The smallest absolute Gasteiger partial charge is 0.145 e. The number of piperidine rings is 1. The molecular formula is C15H19ClFNO. The fraction of sp³-hybridized carbons (Fsp3) is 0.600. The summed E-state index contributed by atoms with van der Waals surface area (Å²) in [6.07, 6.45) is 4.20. The Morgan fingerprint density at radius 1 is 1.42 bits per heavy atom. The lowest BCUT2D eigenvalue weighted by molar-refractivity contribution is -0.0359. The topological polar surface area (TPSA) is 23.5 Å². The van der Waals surface area contributed by atoms with Crippen LogP contribution < -0.4 is 0 Å². The number of aliphatic hydroxyl groups is 1. The first kappa shape index (κ1) is 13.3. The molecule has 2 atom stereocenters. The fourth-order valence-electron chi connectivity index (χ4n) is 3.51. The van der Waals surface area contributed by atoms with Crippen LogP contribution in [0.3, 0.4) is 0 Å². The van der Waals surface area contributed by atoms with Gasteiger partial charge >= 0.3 is 0 Å². The summed E-state index contributed by atoms with van der Waals surface area (Å²) in [4.78, 5) is 2.45. The zero-order valence-corrected chi connectivity index (χ0v) is 11.7. The van der Waals surface area contributed by atoms with Crippen molar-refractivity contribution in [3.63, 3.8) is 0 Å². The highest BCUT2D eigenvalue weighted by atomic mass is 35.5. The first-order valence-corrected chi connectivity index (χ1v) is 7.34. The minimum Gasteiger partial charge on any atom is -0.389 e. The third-order valence-electron chi connectivity index (χ3n) is 4.53. The van der Waals surface area contributed by atoms with E-state index in [0.29, 0.717) is 18.0 Å². The van der Waals surface area contributed by atoms with Crippen molar-refractivity contribution in [3.05, 3.63) is 34.6 Å². The molecule has 0 aliphatic carbocycles. The largest absolute Gasteiger partial charge is 0.389 e. The third-order valence-corrected chi connectivity index (χ3v) is 4.82. The van der Waals surface area contributed by atoms with E-state index in [4.69, 9.17) is 11.6 Å². The van der Waals surface area contributed by atoms with Gasteiger partial charge < -0.3 is 10.0 Å². The van der Waals surface area contributed by atoms with Gasteiger partial charge in [-0.15, -0.1) is 0 Å². The molecule has 0 amide bonds. The Balaban J connectivity index is 1.76. The van der Waals surface area contributed by atoms with Crippen LogP contribution in [-0.4, -0.2) is 34.7 Å². The second kappa shape index (κ2) is 5.04. The Kier molecular flexibility index (Phi) is 3.54. The minimum atomic E-state index is -0.781. The van der Waals surface area contributed by atoms with Crippen LogP contribution in [0.4, 0.5) is 4.39 Å². The van der Waals surface area contributed by atoms with Crippen molar-refractivity contribution >= 4 is 11.6 Å². The molecular weight excluding hydrogens is 265 g/mol. The van der Waals surface area contributed by atoms with E-state index in [2.05, 4.69) is 4.90 Å². The van der Waals surface area contributed by atoms with Crippen molar-refractivity contribution in [1.82, 2.24) is 4.90 Å². The van der Waals surface area contributed by atoms with Gasteiger partial charge in [-0.1, -0.05) is 23.7 Å². The highest BCUT2D eigenvalue weighted by Crippen LogP contribution is 2.35. The van der Waals surface area contributed by atoms with Crippen LogP contribution in [0.5, 0.6) is 0 Å². The molecule has 2 fully saturated rings. The van der Waals surface area contributed by atoms with Crippen LogP contribution in [0.15, 0.2) is 18.2 Å². The van der Waals surface area contributed by atoms with E-state index in [1.54, 1.807) is 18.2 Å². The lowest BCUT2D eigenvalue weighted by Gasteiger charge is -2.41. The summed E-state index contributed by atoms with van der Waals surface area (Å²) in [6.45, 7) is 2.07. The molecule has 0 radical (unpaired) electrons.